The fourth-order valence-corrected chi connectivity index (χ4v) is 0. The molecule has 0 nitrogen and oxygen atoms in total. The maximum atomic E-state index is 0. The number of hydrogen-bond donors (Lipinski definition) is 0. The Balaban J connectivity index is 0. The molecule has 0 aliphatic rings. The molecule has 0 aliphatic heterocycles. The van der Waals surface area contributed by atoms with Crippen LogP contribution in [0.3, 0.4) is 0 Å². The Kier molecular flexibility index (Phi) is 93.4. The monoisotopic (exact) mass is 158 g/mol. The summed E-state index contributed by atoms with van der Waals surface area (Å²) in [4.78, 5) is 0. The first-order chi connectivity index (χ1) is 0. The predicted octanol–water partition coefficient (Wildman–Crippen LogP) is -1.52. The summed E-state index contributed by atoms with van der Waals surface area (Å²) in [5, 5.41) is 0. The Labute approximate surface area is 128 Å². The molecule has 0 atom stereocenters. The molecule has 0 aliphatic carbocycles. The molecule has 4 heteroatoms. The third kappa shape index (κ3) is 9.60. The van der Waals surface area contributed by atoms with Gasteiger partial charge in [-0.3, -0.25) is 0 Å². The van der Waals surface area contributed by atoms with Gasteiger partial charge < -0.3 is 0 Å². The van der Waals surface area contributed by atoms with Gasteiger partial charge in [0.05, 0.1) is 0 Å². The molecule has 6 valence electrons. The van der Waals surface area contributed by atoms with Crippen molar-refractivity contribution >= 4 is 132 Å². The van der Waals surface area contributed by atoms with Gasteiger partial charge in [-0.05, 0) is 0 Å². The molecular weight excluding hydrogens is 158 g/mol. The zero-order valence-electron chi connectivity index (χ0n) is 3.41. The van der Waals surface area contributed by atoms with Crippen LogP contribution in [0.15, 0.2) is 0 Å². The van der Waals surface area contributed by atoms with E-state index >= 15 is 0 Å². The van der Waals surface area contributed by atoms with E-state index in [0.717, 1.165) is 0 Å². The van der Waals surface area contributed by atoms with Gasteiger partial charge in [0.2, 0.25) is 0 Å². The van der Waals surface area contributed by atoms with Gasteiger partial charge in [-0.15, -0.1) is 0 Å². The molecular formula is CaLiNaSr. The molecule has 6 radical (unpaired) electrons. The molecule has 4 heavy (non-hydrogen) atoms. The summed E-state index contributed by atoms with van der Waals surface area (Å²) >= 11 is 0. The minimum Gasteiger partial charge on any atom is 0 e. The van der Waals surface area contributed by atoms with E-state index in [1.54, 1.807) is 0 Å². The van der Waals surface area contributed by atoms with Crippen LogP contribution in [0.25, 0.3) is 0 Å². The van der Waals surface area contributed by atoms with E-state index in [4.69, 9.17) is 0 Å². The van der Waals surface area contributed by atoms with E-state index in [1.165, 1.54) is 0 Å². The SMILES string of the molecule is [Ca].[Li].[Na].[Sr]. The summed E-state index contributed by atoms with van der Waals surface area (Å²) < 4.78 is 0. The summed E-state index contributed by atoms with van der Waals surface area (Å²) in [5.41, 5.74) is 0. The van der Waals surface area contributed by atoms with Crippen molar-refractivity contribution in [3.63, 3.8) is 0 Å². The zero-order chi connectivity index (χ0) is 0. The fraction of sp³-hybridized carbons (Fsp3) is 0. The van der Waals surface area contributed by atoms with Gasteiger partial charge in [-0.25, -0.2) is 0 Å². The molecule has 0 aromatic heterocycles. The average Bonchev–Trinajstić information content (AvgIpc) is 0. The van der Waals surface area contributed by atoms with Gasteiger partial charge in [0.25, 0.3) is 0 Å². The van der Waals surface area contributed by atoms with Crippen LogP contribution in [0.2, 0.25) is 0 Å². The molecule has 0 rings (SSSR count). The smallest absolute Gasteiger partial charge is 0 e. The quantitative estimate of drug-likeness (QED) is 0.375. The maximum absolute atomic E-state index is 0. The third-order valence-electron chi connectivity index (χ3n) is 0. The van der Waals surface area contributed by atoms with Crippen molar-refractivity contribution in [1.29, 1.82) is 0 Å². The summed E-state index contributed by atoms with van der Waals surface area (Å²) in [6, 6.07) is 0. The van der Waals surface area contributed by atoms with Crippen molar-refractivity contribution in [1.82, 2.24) is 0 Å². The van der Waals surface area contributed by atoms with E-state index in [1.807, 2.05) is 0 Å². The van der Waals surface area contributed by atoms with Gasteiger partial charge in [-0.1, -0.05) is 0 Å². The molecule has 0 aromatic carbocycles. The Bertz CT molecular complexity index is 8.00. The second-order valence-corrected chi connectivity index (χ2v) is 0. The fourth-order valence-electron chi connectivity index (χ4n) is 0. The van der Waals surface area contributed by atoms with Gasteiger partial charge in [0.1, 0.15) is 0 Å². The van der Waals surface area contributed by atoms with Crippen LogP contribution in [0.4, 0.5) is 0 Å². The van der Waals surface area contributed by atoms with Crippen LogP contribution in [0.5, 0.6) is 0 Å². The molecule has 0 heterocycles. The largest absolute Gasteiger partial charge is 0 e. The molecule has 0 amide bonds. The van der Waals surface area contributed by atoms with Gasteiger partial charge in [0.15, 0.2) is 0 Å². The van der Waals surface area contributed by atoms with Gasteiger partial charge >= 0.3 is 0 Å². The number of rotatable bonds is 0. The first kappa shape index (κ1) is 23.9. The number of hydrogen-bond acceptors (Lipinski definition) is 0. The minimum atomic E-state index is 0. The average molecular weight is 158 g/mol. The first-order valence-electron chi connectivity index (χ1n) is 0. The standard InChI is InChI=1S/Ca.Li.Na.Sr. The Hall–Kier alpha value is 4.34. The summed E-state index contributed by atoms with van der Waals surface area (Å²) in [6.07, 6.45) is 0. The summed E-state index contributed by atoms with van der Waals surface area (Å²) in [7, 11) is 0. The Morgan fingerprint density at radius 3 is 1.00 bits per heavy atom. The van der Waals surface area contributed by atoms with Crippen molar-refractivity contribution in [3.05, 3.63) is 0 Å². The second kappa shape index (κ2) is 15.7. The van der Waals surface area contributed by atoms with E-state index in [9.17, 15) is 0 Å². The van der Waals surface area contributed by atoms with Crippen LogP contribution in [0.1, 0.15) is 0 Å². The zero-order valence-corrected chi connectivity index (χ0v) is 11.1. The van der Waals surface area contributed by atoms with E-state index in [0.29, 0.717) is 0 Å². The molecule has 0 saturated heterocycles. The van der Waals surface area contributed by atoms with Crippen LogP contribution >= 0.6 is 0 Å². The summed E-state index contributed by atoms with van der Waals surface area (Å²) in [6.45, 7) is 0. The van der Waals surface area contributed by atoms with E-state index in [2.05, 4.69) is 0 Å². The molecule has 0 fully saturated rings. The minimum absolute atomic E-state index is 0. The first-order valence-corrected chi connectivity index (χ1v) is 0. The van der Waals surface area contributed by atoms with Crippen molar-refractivity contribution in [2.24, 2.45) is 0 Å². The Morgan fingerprint density at radius 1 is 1.00 bits per heavy atom. The van der Waals surface area contributed by atoms with Crippen molar-refractivity contribution < 1.29 is 0 Å². The molecule has 0 saturated carbocycles. The van der Waals surface area contributed by atoms with Crippen molar-refractivity contribution in [2.45, 2.75) is 0 Å². The Morgan fingerprint density at radius 2 is 1.00 bits per heavy atom. The van der Waals surface area contributed by atoms with Crippen LogP contribution < -0.4 is 0 Å². The van der Waals surface area contributed by atoms with E-state index in [-0.39, 0.29) is 132 Å². The summed E-state index contributed by atoms with van der Waals surface area (Å²) in [5.74, 6) is 0. The van der Waals surface area contributed by atoms with Gasteiger partial charge in [0, 0.05) is 132 Å². The second-order valence-electron chi connectivity index (χ2n) is 0. The molecule has 0 aromatic rings. The van der Waals surface area contributed by atoms with Crippen molar-refractivity contribution in [3.8, 4) is 0 Å². The van der Waals surface area contributed by atoms with E-state index < -0.39 is 0 Å². The van der Waals surface area contributed by atoms with Crippen LogP contribution in [-0.4, -0.2) is 132 Å². The molecule has 0 spiro atoms. The van der Waals surface area contributed by atoms with Crippen molar-refractivity contribution in [2.75, 3.05) is 0 Å². The topological polar surface area (TPSA) is 0 Å². The van der Waals surface area contributed by atoms with Gasteiger partial charge in [-0.2, -0.15) is 0 Å². The normalized spacial score (nSPS) is 0. The molecule has 0 unspecified atom stereocenters. The van der Waals surface area contributed by atoms with Crippen LogP contribution in [-0.2, 0) is 0 Å². The third-order valence-corrected chi connectivity index (χ3v) is 0. The van der Waals surface area contributed by atoms with Crippen LogP contribution in [0, 0.1) is 0 Å². The maximum Gasteiger partial charge on any atom is 0 e. The predicted molar refractivity (Wildman–Crippen MR) is 23.0 cm³/mol. The molecule has 0 bridgehead atoms. The molecule has 0 N–H and O–H groups in total.